The van der Waals surface area contributed by atoms with E-state index in [0.717, 1.165) is 8.14 Å². The van der Waals surface area contributed by atoms with E-state index in [1.54, 1.807) is 18.2 Å². The van der Waals surface area contributed by atoms with Gasteiger partial charge in [-0.2, -0.15) is 0 Å². The van der Waals surface area contributed by atoms with Crippen LogP contribution in [-0.4, -0.2) is 15.5 Å². The van der Waals surface area contributed by atoms with Crippen molar-refractivity contribution in [2.24, 2.45) is 0 Å². The van der Waals surface area contributed by atoms with Crippen molar-refractivity contribution >= 4 is 74.8 Å². The van der Waals surface area contributed by atoms with Crippen LogP contribution < -0.4 is 5.56 Å². The van der Waals surface area contributed by atoms with E-state index in [2.05, 4.69) is 4.98 Å². The number of carbonyl (C=O) groups is 1. The topological polar surface area (TPSA) is 54.9 Å². The lowest BCUT2D eigenvalue weighted by Crippen LogP contribution is -2.29. The van der Waals surface area contributed by atoms with E-state index in [9.17, 15) is 9.59 Å². The van der Waals surface area contributed by atoms with Gasteiger partial charge in [0, 0.05) is 8.59 Å². The fraction of sp³-hybridized carbons (Fsp3) is 0. The molecule has 116 valence electrons. The molecular formula is C15H7Cl2IN2O2S. The Labute approximate surface area is 159 Å². The van der Waals surface area contributed by atoms with Gasteiger partial charge in [0.2, 0.25) is 0 Å². The lowest BCUT2D eigenvalue weighted by atomic mass is 10.2. The number of hydrogen-bond acceptors (Lipinski definition) is 3. The molecule has 0 atom stereocenters. The van der Waals surface area contributed by atoms with Crippen molar-refractivity contribution < 1.29 is 4.79 Å². The molecule has 4 nitrogen and oxygen atoms in total. The highest BCUT2D eigenvalue weighted by atomic mass is 127. The molecule has 1 N–H and O–H groups in total. The number of H-pyrrole nitrogens is 1. The molecular weight excluding hydrogens is 470 g/mol. The van der Waals surface area contributed by atoms with E-state index in [4.69, 9.17) is 35.4 Å². The second kappa shape index (κ2) is 6.35. The van der Waals surface area contributed by atoms with E-state index < -0.39 is 11.5 Å². The summed E-state index contributed by atoms with van der Waals surface area (Å²) in [6, 6.07) is 9.91. The Morgan fingerprint density at radius 1 is 1.22 bits per heavy atom. The lowest BCUT2D eigenvalue weighted by molar-refractivity contribution is 0.0952. The number of nitrogens with zero attached hydrogens (tertiary/aromatic N) is 1. The Bertz CT molecular complexity index is 1080. The van der Waals surface area contributed by atoms with Gasteiger partial charge in [0.15, 0.2) is 4.77 Å². The van der Waals surface area contributed by atoms with Crippen molar-refractivity contribution in [3.05, 3.63) is 70.7 Å². The Hall–Kier alpha value is -1.22. The number of rotatable bonds is 1. The molecule has 3 rings (SSSR count). The summed E-state index contributed by atoms with van der Waals surface area (Å²) in [5, 5.41) is 0.776. The predicted octanol–water partition coefficient (Wildman–Crippen LogP) is 4.66. The average Bonchev–Trinajstić information content (AvgIpc) is 2.49. The molecule has 8 heteroatoms. The van der Waals surface area contributed by atoms with Crippen molar-refractivity contribution in [2.75, 3.05) is 0 Å². The molecule has 0 spiro atoms. The quantitative estimate of drug-likeness (QED) is 0.410. The van der Waals surface area contributed by atoms with Crippen LogP contribution in [0.5, 0.6) is 0 Å². The van der Waals surface area contributed by atoms with Crippen LogP contribution >= 0.6 is 58.0 Å². The summed E-state index contributed by atoms with van der Waals surface area (Å²) in [6.07, 6.45) is 0. The summed E-state index contributed by atoms with van der Waals surface area (Å²) < 4.78 is 1.62. The minimum atomic E-state index is -0.558. The number of aromatic nitrogens is 2. The third-order valence-electron chi connectivity index (χ3n) is 3.23. The molecule has 23 heavy (non-hydrogen) atoms. The molecule has 3 aromatic rings. The van der Waals surface area contributed by atoms with Crippen LogP contribution in [0.4, 0.5) is 0 Å². The molecule has 0 unspecified atom stereocenters. The standard InChI is InChI=1S/C15H7Cl2IN2O2S/c16-7-5-9-12(10(17)6-7)19-15(23)20(14(9)22)13(21)8-3-1-2-4-11(8)18/h1-6H,(H,19,23). The molecule has 2 aromatic carbocycles. The zero-order valence-corrected chi connectivity index (χ0v) is 15.8. The fourth-order valence-electron chi connectivity index (χ4n) is 2.18. The first-order chi connectivity index (χ1) is 10.9. The largest absolute Gasteiger partial charge is 0.330 e. The van der Waals surface area contributed by atoms with Crippen LogP contribution in [0.2, 0.25) is 10.0 Å². The van der Waals surface area contributed by atoms with E-state index in [-0.39, 0.29) is 15.2 Å². The first-order valence-corrected chi connectivity index (χ1v) is 8.58. The van der Waals surface area contributed by atoms with Gasteiger partial charge in [0.1, 0.15) is 0 Å². The number of hydrogen-bond donors (Lipinski definition) is 1. The van der Waals surface area contributed by atoms with Crippen molar-refractivity contribution in [3.63, 3.8) is 0 Å². The summed E-state index contributed by atoms with van der Waals surface area (Å²) in [4.78, 5) is 28.3. The maximum Gasteiger partial charge on any atom is 0.269 e. The van der Waals surface area contributed by atoms with Crippen LogP contribution in [0.3, 0.4) is 0 Å². The molecule has 0 amide bonds. The minimum Gasteiger partial charge on any atom is -0.330 e. The van der Waals surface area contributed by atoms with Crippen molar-refractivity contribution in [2.45, 2.75) is 0 Å². The fourth-order valence-corrected chi connectivity index (χ4v) is 3.61. The molecule has 0 saturated heterocycles. The highest BCUT2D eigenvalue weighted by Crippen LogP contribution is 2.24. The van der Waals surface area contributed by atoms with E-state index in [1.165, 1.54) is 12.1 Å². The van der Waals surface area contributed by atoms with E-state index >= 15 is 0 Å². The van der Waals surface area contributed by atoms with Crippen LogP contribution in [0.1, 0.15) is 10.4 Å². The maximum absolute atomic E-state index is 12.7. The van der Waals surface area contributed by atoms with Crippen molar-refractivity contribution in [1.29, 1.82) is 0 Å². The first kappa shape index (κ1) is 16.6. The molecule has 0 fully saturated rings. The highest BCUT2D eigenvalue weighted by Gasteiger charge is 2.18. The van der Waals surface area contributed by atoms with Gasteiger partial charge >= 0.3 is 0 Å². The average molecular weight is 477 g/mol. The zero-order valence-electron chi connectivity index (χ0n) is 11.3. The number of benzene rings is 2. The summed E-state index contributed by atoms with van der Waals surface area (Å²) in [6.45, 7) is 0. The second-order valence-electron chi connectivity index (χ2n) is 4.67. The third kappa shape index (κ3) is 2.96. The molecule has 1 aromatic heterocycles. The van der Waals surface area contributed by atoms with Crippen LogP contribution in [0, 0.1) is 8.34 Å². The molecule has 0 radical (unpaired) electrons. The van der Waals surface area contributed by atoms with Gasteiger partial charge in [0.05, 0.1) is 21.5 Å². The summed E-state index contributed by atoms with van der Waals surface area (Å²) in [7, 11) is 0. The van der Waals surface area contributed by atoms with Crippen LogP contribution in [0.15, 0.2) is 41.2 Å². The van der Waals surface area contributed by atoms with E-state index in [1.807, 2.05) is 28.7 Å². The number of fused-ring (bicyclic) bond motifs is 1. The maximum atomic E-state index is 12.7. The van der Waals surface area contributed by atoms with Gasteiger partial charge in [-0.15, -0.1) is 0 Å². The zero-order chi connectivity index (χ0) is 16.7. The number of aromatic amines is 1. The van der Waals surface area contributed by atoms with Crippen LogP contribution in [0.25, 0.3) is 10.9 Å². The molecule has 0 aliphatic heterocycles. The van der Waals surface area contributed by atoms with Gasteiger partial charge < -0.3 is 4.98 Å². The molecule has 1 heterocycles. The third-order valence-corrected chi connectivity index (χ3v) is 4.97. The summed E-state index contributed by atoms with van der Waals surface area (Å²) in [5.41, 5.74) is 0.192. The van der Waals surface area contributed by atoms with Gasteiger partial charge in [-0.25, -0.2) is 4.57 Å². The molecule has 0 aliphatic rings. The molecule has 0 bridgehead atoms. The summed E-state index contributed by atoms with van der Waals surface area (Å²) in [5.74, 6) is -0.501. The Balaban J connectivity index is 2.35. The minimum absolute atomic E-state index is 0.0172. The molecule has 0 saturated carbocycles. The van der Waals surface area contributed by atoms with Gasteiger partial charge in [0.25, 0.3) is 11.5 Å². The van der Waals surface area contributed by atoms with Crippen LogP contribution in [-0.2, 0) is 0 Å². The Morgan fingerprint density at radius 3 is 2.61 bits per heavy atom. The van der Waals surface area contributed by atoms with Gasteiger partial charge in [-0.1, -0.05) is 35.3 Å². The second-order valence-corrected chi connectivity index (χ2v) is 7.06. The highest BCUT2D eigenvalue weighted by molar-refractivity contribution is 14.1. The Kier molecular flexibility index (Phi) is 4.59. The van der Waals surface area contributed by atoms with Crippen molar-refractivity contribution in [1.82, 2.24) is 9.55 Å². The lowest BCUT2D eigenvalue weighted by Gasteiger charge is -2.09. The Morgan fingerprint density at radius 2 is 1.91 bits per heavy atom. The monoisotopic (exact) mass is 476 g/mol. The van der Waals surface area contributed by atoms with E-state index in [0.29, 0.717) is 16.1 Å². The summed E-state index contributed by atoms with van der Waals surface area (Å²) >= 11 is 19.2. The predicted molar refractivity (Wildman–Crippen MR) is 102 cm³/mol. The normalized spacial score (nSPS) is 10.9. The molecule has 0 aliphatic carbocycles. The van der Waals surface area contributed by atoms with Gasteiger partial charge in [-0.3, -0.25) is 9.59 Å². The van der Waals surface area contributed by atoms with Crippen molar-refractivity contribution in [3.8, 4) is 0 Å². The first-order valence-electron chi connectivity index (χ1n) is 6.33. The number of halogens is 3. The number of carbonyl (C=O) groups excluding carboxylic acids is 1. The number of nitrogens with one attached hydrogen (secondary N) is 1. The van der Waals surface area contributed by atoms with Gasteiger partial charge in [-0.05, 0) is 59.1 Å². The SMILES string of the molecule is O=C(c1ccccc1I)n1c(=S)[nH]c2c(Cl)cc(Cl)cc2c1=O. The smallest absolute Gasteiger partial charge is 0.269 e.